The molecule has 1 saturated heterocycles. The summed E-state index contributed by atoms with van der Waals surface area (Å²) in [4.78, 5) is 38.4. The number of carbonyl (C=O) groups is 3. The van der Waals surface area contributed by atoms with E-state index in [-0.39, 0.29) is 30.4 Å². The Hall–Kier alpha value is -2.41. The van der Waals surface area contributed by atoms with Crippen LogP contribution in [0.1, 0.15) is 50.4 Å². The van der Waals surface area contributed by atoms with E-state index in [1.54, 1.807) is 29.2 Å². The van der Waals surface area contributed by atoms with E-state index in [2.05, 4.69) is 5.32 Å². The third-order valence-electron chi connectivity index (χ3n) is 4.66. The molecule has 0 spiro atoms. The van der Waals surface area contributed by atoms with Crippen molar-refractivity contribution in [1.29, 1.82) is 0 Å². The van der Waals surface area contributed by atoms with Crippen LogP contribution in [-0.2, 0) is 14.3 Å². The molecular weight excluding hydrogens is 360 g/mol. The number of carboxylic acids is 1. The molecule has 1 heterocycles. The number of hydrogen-bond donors (Lipinski definition) is 2. The first-order chi connectivity index (χ1) is 13.2. The Morgan fingerprint density at radius 3 is 2.54 bits per heavy atom. The van der Waals surface area contributed by atoms with E-state index in [9.17, 15) is 19.5 Å². The molecule has 0 bridgehead atoms. The van der Waals surface area contributed by atoms with Crippen molar-refractivity contribution in [2.75, 3.05) is 19.7 Å². The fourth-order valence-electron chi connectivity index (χ4n) is 3.17. The molecule has 1 aliphatic heterocycles. The second-order valence-electron chi connectivity index (χ2n) is 8.11. The summed E-state index contributed by atoms with van der Waals surface area (Å²) in [5.74, 6) is -1.93. The van der Waals surface area contributed by atoms with E-state index in [1.165, 1.54) is 0 Å². The maximum atomic E-state index is 12.6. The molecular formula is C21H30N2O5. The van der Waals surface area contributed by atoms with Gasteiger partial charge in [0.2, 0.25) is 5.91 Å². The van der Waals surface area contributed by atoms with Gasteiger partial charge in [0.15, 0.2) is 0 Å². The van der Waals surface area contributed by atoms with Crippen LogP contribution in [0.15, 0.2) is 30.3 Å². The minimum atomic E-state index is -1.08. The van der Waals surface area contributed by atoms with Crippen LogP contribution < -0.4 is 5.32 Å². The average Bonchev–Trinajstić information content (AvgIpc) is 2.66. The standard InChI is InChI=1S/C21H30N2O5/c1-21(2,3)28-13-11-17(20(26)27)22-18(24)16-10-7-12-23(14-16)19(25)15-8-5-4-6-9-15/h4-6,8-9,16-17H,7,10-14H2,1-3H3,(H,22,24)(H,26,27). The van der Waals surface area contributed by atoms with Crippen LogP contribution in [-0.4, -0.2) is 59.1 Å². The van der Waals surface area contributed by atoms with Gasteiger partial charge in [0.05, 0.1) is 11.5 Å². The number of hydrogen-bond acceptors (Lipinski definition) is 4. The molecule has 0 aromatic heterocycles. The van der Waals surface area contributed by atoms with Crippen LogP contribution in [0.5, 0.6) is 0 Å². The van der Waals surface area contributed by atoms with Crippen LogP contribution in [0.3, 0.4) is 0 Å². The molecule has 1 aromatic carbocycles. The molecule has 1 fully saturated rings. The van der Waals surface area contributed by atoms with Crippen molar-refractivity contribution < 1.29 is 24.2 Å². The van der Waals surface area contributed by atoms with E-state index >= 15 is 0 Å². The number of nitrogens with zero attached hydrogens (tertiary/aromatic N) is 1. The van der Waals surface area contributed by atoms with Crippen LogP contribution in [0, 0.1) is 5.92 Å². The van der Waals surface area contributed by atoms with Gasteiger partial charge in [0.25, 0.3) is 5.91 Å². The minimum Gasteiger partial charge on any atom is -0.480 e. The van der Waals surface area contributed by atoms with E-state index in [0.717, 1.165) is 0 Å². The first-order valence-corrected chi connectivity index (χ1v) is 9.69. The number of rotatable bonds is 7. The lowest BCUT2D eigenvalue weighted by molar-refractivity contribution is -0.143. The monoisotopic (exact) mass is 390 g/mol. The van der Waals surface area contributed by atoms with Gasteiger partial charge in [-0.3, -0.25) is 9.59 Å². The molecule has 2 atom stereocenters. The Morgan fingerprint density at radius 2 is 1.93 bits per heavy atom. The van der Waals surface area contributed by atoms with E-state index in [1.807, 2.05) is 26.8 Å². The Bertz CT molecular complexity index is 684. The summed E-state index contributed by atoms with van der Waals surface area (Å²) in [6.45, 7) is 6.80. The molecule has 2 unspecified atom stereocenters. The molecule has 28 heavy (non-hydrogen) atoms. The summed E-state index contributed by atoms with van der Waals surface area (Å²) in [5, 5.41) is 12.0. The molecule has 1 aliphatic rings. The Morgan fingerprint density at radius 1 is 1.25 bits per heavy atom. The predicted octanol–water partition coefficient (Wildman–Crippen LogP) is 2.31. The molecule has 0 radical (unpaired) electrons. The van der Waals surface area contributed by atoms with Gasteiger partial charge in [-0.2, -0.15) is 0 Å². The predicted molar refractivity (Wildman–Crippen MR) is 105 cm³/mol. The van der Waals surface area contributed by atoms with Gasteiger partial charge >= 0.3 is 5.97 Å². The maximum absolute atomic E-state index is 12.6. The number of carboxylic acid groups (broad SMARTS) is 1. The topological polar surface area (TPSA) is 95.9 Å². The quantitative estimate of drug-likeness (QED) is 0.745. The number of piperidine rings is 1. The van der Waals surface area contributed by atoms with Gasteiger partial charge in [-0.05, 0) is 45.7 Å². The Balaban J connectivity index is 1.92. The second-order valence-corrected chi connectivity index (χ2v) is 8.11. The normalized spacial score (nSPS) is 18.4. The summed E-state index contributed by atoms with van der Waals surface area (Å²) in [7, 11) is 0. The lowest BCUT2D eigenvalue weighted by Crippen LogP contribution is -2.49. The summed E-state index contributed by atoms with van der Waals surface area (Å²) in [5.41, 5.74) is 0.223. The molecule has 7 nitrogen and oxygen atoms in total. The van der Waals surface area contributed by atoms with Crippen molar-refractivity contribution in [3.05, 3.63) is 35.9 Å². The van der Waals surface area contributed by atoms with Crippen molar-refractivity contribution in [2.24, 2.45) is 5.92 Å². The lowest BCUT2D eigenvalue weighted by Gasteiger charge is -2.32. The summed E-state index contributed by atoms with van der Waals surface area (Å²) < 4.78 is 5.57. The highest BCUT2D eigenvalue weighted by Gasteiger charge is 2.31. The van der Waals surface area contributed by atoms with Crippen LogP contribution in [0.4, 0.5) is 0 Å². The number of ether oxygens (including phenoxy) is 1. The van der Waals surface area contributed by atoms with Crippen molar-refractivity contribution in [3.63, 3.8) is 0 Å². The van der Waals surface area contributed by atoms with Crippen LogP contribution >= 0.6 is 0 Å². The minimum absolute atomic E-state index is 0.105. The van der Waals surface area contributed by atoms with Crippen molar-refractivity contribution >= 4 is 17.8 Å². The third-order valence-corrected chi connectivity index (χ3v) is 4.66. The first kappa shape index (κ1) is 21.9. The summed E-state index contributed by atoms with van der Waals surface area (Å²) in [6.07, 6.45) is 1.54. The average molecular weight is 390 g/mol. The van der Waals surface area contributed by atoms with Gasteiger partial charge in [0.1, 0.15) is 6.04 Å². The number of carbonyl (C=O) groups excluding carboxylic acids is 2. The molecule has 2 amide bonds. The summed E-state index contributed by atoms with van der Waals surface area (Å²) in [6, 6.07) is 7.95. The molecule has 2 N–H and O–H groups in total. The molecule has 7 heteroatoms. The Labute approximate surface area is 166 Å². The van der Waals surface area contributed by atoms with E-state index in [4.69, 9.17) is 4.74 Å². The van der Waals surface area contributed by atoms with Gasteiger partial charge in [-0.15, -0.1) is 0 Å². The molecule has 154 valence electrons. The highest BCUT2D eigenvalue weighted by Crippen LogP contribution is 2.19. The molecule has 0 aliphatic carbocycles. The smallest absolute Gasteiger partial charge is 0.326 e. The Kier molecular flexibility index (Phi) is 7.57. The highest BCUT2D eigenvalue weighted by molar-refractivity contribution is 5.94. The summed E-state index contributed by atoms with van der Waals surface area (Å²) >= 11 is 0. The van der Waals surface area contributed by atoms with E-state index in [0.29, 0.717) is 31.5 Å². The number of aliphatic carboxylic acids is 1. The lowest BCUT2D eigenvalue weighted by atomic mass is 9.96. The van der Waals surface area contributed by atoms with Gasteiger partial charge in [-0.25, -0.2) is 4.79 Å². The highest BCUT2D eigenvalue weighted by atomic mass is 16.5. The van der Waals surface area contributed by atoms with Crippen LogP contribution in [0.25, 0.3) is 0 Å². The third kappa shape index (κ3) is 6.64. The first-order valence-electron chi connectivity index (χ1n) is 9.69. The fraction of sp³-hybridized carbons (Fsp3) is 0.571. The maximum Gasteiger partial charge on any atom is 0.326 e. The fourth-order valence-corrected chi connectivity index (χ4v) is 3.17. The van der Waals surface area contributed by atoms with Crippen molar-refractivity contribution in [3.8, 4) is 0 Å². The number of likely N-dealkylation sites (tertiary alicyclic amines) is 1. The van der Waals surface area contributed by atoms with Crippen molar-refractivity contribution in [2.45, 2.75) is 51.7 Å². The van der Waals surface area contributed by atoms with Crippen LogP contribution in [0.2, 0.25) is 0 Å². The molecule has 0 saturated carbocycles. The second kappa shape index (κ2) is 9.68. The molecule has 1 aromatic rings. The zero-order valence-electron chi connectivity index (χ0n) is 16.8. The SMILES string of the molecule is CC(C)(C)OCCC(NC(=O)C1CCCN(C(=O)c2ccccc2)C1)C(=O)O. The van der Waals surface area contributed by atoms with E-state index < -0.39 is 17.9 Å². The van der Waals surface area contributed by atoms with Crippen molar-refractivity contribution in [1.82, 2.24) is 10.2 Å². The molecule has 2 rings (SSSR count). The zero-order chi connectivity index (χ0) is 20.7. The van der Waals surface area contributed by atoms with Gasteiger partial charge in [0, 0.05) is 31.7 Å². The van der Waals surface area contributed by atoms with Gasteiger partial charge in [-0.1, -0.05) is 18.2 Å². The zero-order valence-corrected chi connectivity index (χ0v) is 16.8. The van der Waals surface area contributed by atoms with Gasteiger partial charge < -0.3 is 20.1 Å². The number of nitrogens with one attached hydrogen (secondary N) is 1. The number of benzene rings is 1. The largest absolute Gasteiger partial charge is 0.480 e. The number of amides is 2.